The van der Waals surface area contributed by atoms with Crippen molar-refractivity contribution in [1.82, 2.24) is 10.6 Å². The Hall–Kier alpha value is -4.00. The second-order valence-corrected chi connectivity index (χ2v) is 6.32. The topological polar surface area (TPSA) is 119 Å². The van der Waals surface area contributed by atoms with E-state index in [9.17, 15) is 24.9 Å². The highest BCUT2D eigenvalue weighted by atomic mass is 16.3. The van der Waals surface area contributed by atoms with E-state index in [1.54, 1.807) is 12.1 Å². The highest BCUT2D eigenvalue weighted by molar-refractivity contribution is 5.96. The summed E-state index contributed by atoms with van der Waals surface area (Å²) in [7, 11) is 0. The van der Waals surface area contributed by atoms with E-state index in [4.69, 9.17) is 0 Å². The minimum atomic E-state index is -0.688. The lowest BCUT2D eigenvalue weighted by atomic mass is 10.0. The van der Waals surface area contributed by atoms with E-state index in [1.807, 2.05) is 42.5 Å². The molecule has 0 aliphatic rings. The fraction of sp³-hybridized carbons (Fsp3) is 0.0909. The third-order valence-corrected chi connectivity index (χ3v) is 4.28. The molecule has 0 bridgehead atoms. The molecular formula is C22H20N2O5. The van der Waals surface area contributed by atoms with Gasteiger partial charge in [0.05, 0.1) is 0 Å². The average Bonchev–Trinajstić information content (AvgIpc) is 2.75. The van der Waals surface area contributed by atoms with Crippen LogP contribution in [-0.4, -0.2) is 40.2 Å². The van der Waals surface area contributed by atoms with Crippen LogP contribution in [0.25, 0.3) is 11.1 Å². The van der Waals surface area contributed by atoms with Crippen molar-refractivity contribution in [2.45, 2.75) is 0 Å². The molecule has 0 unspecified atom stereocenters. The van der Waals surface area contributed by atoms with Gasteiger partial charge in [-0.3, -0.25) is 9.59 Å². The number of rotatable bonds is 6. The first-order valence-corrected chi connectivity index (χ1v) is 8.92. The molecule has 2 amide bonds. The maximum Gasteiger partial charge on any atom is 0.251 e. The number of amides is 2. The molecule has 7 nitrogen and oxygen atoms in total. The fourth-order valence-corrected chi connectivity index (χ4v) is 2.74. The number of hydrogen-bond donors (Lipinski definition) is 5. The Morgan fingerprint density at radius 3 is 1.69 bits per heavy atom. The number of carbonyl (C=O) groups is 2. The number of phenolic OH excluding ortho intramolecular Hbond substituents is 3. The van der Waals surface area contributed by atoms with Crippen LogP contribution in [0.15, 0.2) is 66.7 Å². The summed E-state index contributed by atoms with van der Waals surface area (Å²) in [6, 6.07) is 19.1. The van der Waals surface area contributed by atoms with E-state index in [-0.39, 0.29) is 24.6 Å². The van der Waals surface area contributed by atoms with E-state index in [0.717, 1.165) is 23.3 Å². The van der Waals surface area contributed by atoms with Crippen LogP contribution in [-0.2, 0) is 0 Å². The zero-order valence-electron chi connectivity index (χ0n) is 15.4. The number of hydrogen-bond acceptors (Lipinski definition) is 5. The van der Waals surface area contributed by atoms with Crippen LogP contribution >= 0.6 is 0 Å². The van der Waals surface area contributed by atoms with Crippen molar-refractivity contribution in [1.29, 1.82) is 0 Å². The molecule has 0 aliphatic carbocycles. The molecule has 0 fully saturated rings. The van der Waals surface area contributed by atoms with E-state index in [0.29, 0.717) is 5.56 Å². The molecule has 0 atom stereocenters. The van der Waals surface area contributed by atoms with E-state index in [1.165, 1.54) is 0 Å². The summed E-state index contributed by atoms with van der Waals surface area (Å²) < 4.78 is 0. The molecule has 148 valence electrons. The molecular weight excluding hydrogens is 372 g/mol. The Kier molecular flexibility index (Phi) is 5.99. The summed E-state index contributed by atoms with van der Waals surface area (Å²) in [4.78, 5) is 24.2. The van der Waals surface area contributed by atoms with Gasteiger partial charge in [0.2, 0.25) is 0 Å². The number of benzene rings is 3. The quantitative estimate of drug-likeness (QED) is 0.326. The van der Waals surface area contributed by atoms with Crippen molar-refractivity contribution in [3.8, 4) is 28.4 Å². The van der Waals surface area contributed by atoms with Crippen LogP contribution in [0.2, 0.25) is 0 Å². The third-order valence-electron chi connectivity index (χ3n) is 4.28. The number of nitrogens with one attached hydrogen (secondary N) is 2. The van der Waals surface area contributed by atoms with Gasteiger partial charge in [-0.2, -0.15) is 0 Å². The summed E-state index contributed by atoms with van der Waals surface area (Å²) in [6.45, 7) is 0.343. The Labute approximate surface area is 167 Å². The average molecular weight is 392 g/mol. The minimum absolute atomic E-state index is 0.0133. The first-order chi connectivity index (χ1) is 14.0. The van der Waals surface area contributed by atoms with Gasteiger partial charge in [0.1, 0.15) is 0 Å². The molecule has 0 aromatic heterocycles. The zero-order valence-corrected chi connectivity index (χ0v) is 15.4. The smallest absolute Gasteiger partial charge is 0.251 e. The first kappa shape index (κ1) is 19.8. The van der Waals surface area contributed by atoms with Crippen LogP contribution in [0.3, 0.4) is 0 Å². The van der Waals surface area contributed by atoms with Crippen LogP contribution in [0.4, 0.5) is 0 Å². The van der Waals surface area contributed by atoms with Crippen molar-refractivity contribution in [3.63, 3.8) is 0 Å². The summed E-state index contributed by atoms with van der Waals surface area (Å²) in [5.41, 5.74) is 2.56. The maximum atomic E-state index is 12.2. The fourth-order valence-electron chi connectivity index (χ4n) is 2.74. The molecule has 3 aromatic rings. The van der Waals surface area contributed by atoms with Gasteiger partial charge in [0, 0.05) is 24.2 Å². The monoisotopic (exact) mass is 392 g/mol. The number of carbonyl (C=O) groups excluding carboxylic acids is 2. The predicted molar refractivity (Wildman–Crippen MR) is 108 cm³/mol. The summed E-state index contributed by atoms with van der Waals surface area (Å²) >= 11 is 0. The van der Waals surface area contributed by atoms with Crippen LogP contribution < -0.4 is 10.6 Å². The Balaban J connectivity index is 1.49. The molecule has 0 saturated carbocycles. The van der Waals surface area contributed by atoms with Crippen molar-refractivity contribution in [2.24, 2.45) is 0 Å². The van der Waals surface area contributed by atoms with E-state index in [2.05, 4.69) is 10.6 Å². The Morgan fingerprint density at radius 2 is 1.14 bits per heavy atom. The number of aromatic hydroxyl groups is 3. The lowest BCUT2D eigenvalue weighted by Gasteiger charge is -2.09. The molecule has 7 heteroatoms. The van der Waals surface area contributed by atoms with Gasteiger partial charge >= 0.3 is 0 Å². The minimum Gasteiger partial charge on any atom is -0.504 e. The van der Waals surface area contributed by atoms with E-state index >= 15 is 0 Å². The third kappa shape index (κ3) is 4.84. The summed E-state index contributed by atoms with van der Waals surface area (Å²) in [5, 5.41) is 33.4. The first-order valence-electron chi connectivity index (χ1n) is 8.92. The lowest BCUT2D eigenvalue weighted by molar-refractivity contribution is 0.0927. The number of phenols is 3. The SMILES string of the molecule is O=C(NCCNC(=O)c1cc(O)c(O)c(O)c1)c1ccc(-c2ccccc2)cc1. The van der Waals surface area contributed by atoms with Gasteiger partial charge < -0.3 is 26.0 Å². The largest absolute Gasteiger partial charge is 0.504 e. The molecule has 0 saturated heterocycles. The van der Waals surface area contributed by atoms with Crippen molar-refractivity contribution < 1.29 is 24.9 Å². The Bertz CT molecular complexity index is 994. The highest BCUT2D eigenvalue weighted by Gasteiger charge is 2.13. The van der Waals surface area contributed by atoms with Crippen molar-refractivity contribution >= 4 is 11.8 Å². The van der Waals surface area contributed by atoms with Crippen LogP contribution in [0.1, 0.15) is 20.7 Å². The molecule has 3 aromatic carbocycles. The molecule has 3 rings (SSSR count). The highest BCUT2D eigenvalue weighted by Crippen LogP contribution is 2.35. The predicted octanol–water partition coefficient (Wildman–Crippen LogP) is 2.63. The molecule has 0 heterocycles. The van der Waals surface area contributed by atoms with Crippen molar-refractivity contribution in [3.05, 3.63) is 77.9 Å². The second kappa shape index (κ2) is 8.79. The second-order valence-electron chi connectivity index (χ2n) is 6.32. The van der Waals surface area contributed by atoms with Crippen LogP contribution in [0, 0.1) is 0 Å². The van der Waals surface area contributed by atoms with Gasteiger partial charge in [-0.25, -0.2) is 0 Å². The van der Waals surface area contributed by atoms with Gasteiger partial charge in [0.25, 0.3) is 11.8 Å². The van der Waals surface area contributed by atoms with E-state index < -0.39 is 23.2 Å². The summed E-state index contributed by atoms with van der Waals surface area (Å²) in [6.07, 6.45) is 0. The lowest BCUT2D eigenvalue weighted by Crippen LogP contribution is -2.34. The molecule has 29 heavy (non-hydrogen) atoms. The summed E-state index contributed by atoms with van der Waals surface area (Å²) in [5.74, 6) is -2.70. The van der Waals surface area contributed by atoms with Crippen molar-refractivity contribution in [2.75, 3.05) is 13.1 Å². The van der Waals surface area contributed by atoms with Crippen LogP contribution in [0.5, 0.6) is 17.2 Å². The Morgan fingerprint density at radius 1 is 0.655 bits per heavy atom. The maximum absolute atomic E-state index is 12.2. The van der Waals surface area contributed by atoms with Gasteiger partial charge in [-0.05, 0) is 35.4 Å². The molecule has 0 radical (unpaired) electrons. The molecule has 5 N–H and O–H groups in total. The van der Waals surface area contributed by atoms with Gasteiger partial charge in [0.15, 0.2) is 17.2 Å². The van der Waals surface area contributed by atoms with Gasteiger partial charge in [-0.15, -0.1) is 0 Å². The van der Waals surface area contributed by atoms with Gasteiger partial charge in [-0.1, -0.05) is 42.5 Å². The normalized spacial score (nSPS) is 10.3. The molecule has 0 aliphatic heterocycles. The standard InChI is InChI=1S/C22H20N2O5/c25-18-12-17(13-19(26)20(18)27)22(29)24-11-10-23-21(28)16-8-6-15(7-9-16)14-4-2-1-3-5-14/h1-9,12-13,25-27H,10-11H2,(H,23,28)(H,24,29). The molecule has 0 spiro atoms. The zero-order chi connectivity index (χ0) is 20.8.